The molecule has 0 aromatic rings. The zero-order chi connectivity index (χ0) is 9.23. The summed E-state index contributed by atoms with van der Waals surface area (Å²) in [5.74, 6) is 2.59. The minimum Gasteiger partial charge on any atom is -0.383 e. The Labute approximate surface area is 75.1 Å². The molecule has 3 nitrogen and oxygen atoms in total. The van der Waals surface area contributed by atoms with Crippen molar-refractivity contribution in [2.45, 2.75) is 0 Å². The van der Waals surface area contributed by atoms with Crippen LogP contribution in [0.25, 0.3) is 0 Å². The molecule has 0 aliphatic rings. The Morgan fingerprint density at radius 1 is 1.50 bits per heavy atom. The van der Waals surface area contributed by atoms with Crippen molar-refractivity contribution in [1.29, 1.82) is 0 Å². The number of likely N-dealkylation sites (N-methyl/N-ethyl adjacent to an activating group) is 1. The van der Waals surface area contributed by atoms with Crippen molar-refractivity contribution in [2.24, 2.45) is 0 Å². The number of terminal acetylenes is 1. The predicted molar refractivity (Wildman–Crippen MR) is 51.1 cm³/mol. The van der Waals surface area contributed by atoms with E-state index >= 15 is 0 Å². The van der Waals surface area contributed by atoms with Crippen molar-refractivity contribution >= 4 is 0 Å². The maximum Gasteiger partial charge on any atom is 0.0596 e. The molecule has 70 valence electrons. The molecule has 1 N–H and O–H groups in total. The van der Waals surface area contributed by atoms with Gasteiger partial charge < -0.3 is 10.1 Å². The molecule has 0 spiro atoms. The van der Waals surface area contributed by atoms with E-state index in [0.717, 1.165) is 26.2 Å². The number of nitrogens with one attached hydrogen (secondary N) is 1. The van der Waals surface area contributed by atoms with E-state index in [4.69, 9.17) is 11.2 Å². The molecule has 0 aromatic heterocycles. The lowest BCUT2D eigenvalue weighted by atomic mass is 10.5. The van der Waals surface area contributed by atoms with Gasteiger partial charge in [0.1, 0.15) is 0 Å². The van der Waals surface area contributed by atoms with Crippen molar-refractivity contribution in [3.8, 4) is 12.3 Å². The highest BCUT2D eigenvalue weighted by Gasteiger charge is 1.93. The van der Waals surface area contributed by atoms with Crippen molar-refractivity contribution in [1.82, 2.24) is 10.2 Å². The molecule has 0 bridgehead atoms. The van der Waals surface area contributed by atoms with Gasteiger partial charge in [-0.3, -0.25) is 4.90 Å². The topological polar surface area (TPSA) is 24.5 Å². The molecular weight excluding hydrogens is 152 g/mol. The first-order valence-electron chi connectivity index (χ1n) is 4.13. The van der Waals surface area contributed by atoms with Gasteiger partial charge in [-0.05, 0) is 7.05 Å². The summed E-state index contributed by atoms with van der Waals surface area (Å²) in [6.45, 7) is 4.32. The van der Waals surface area contributed by atoms with Gasteiger partial charge in [0.15, 0.2) is 0 Å². The first kappa shape index (κ1) is 11.4. The second-order valence-electron chi connectivity index (χ2n) is 2.68. The van der Waals surface area contributed by atoms with Crippen molar-refractivity contribution in [2.75, 3.05) is 46.9 Å². The molecule has 12 heavy (non-hydrogen) atoms. The molecule has 0 unspecified atom stereocenters. The molecule has 0 radical (unpaired) electrons. The number of ether oxygens (including phenoxy) is 1. The number of rotatable bonds is 7. The van der Waals surface area contributed by atoms with Crippen molar-refractivity contribution in [3.63, 3.8) is 0 Å². The highest BCUT2D eigenvalue weighted by atomic mass is 16.5. The summed E-state index contributed by atoms with van der Waals surface area (Å²) in [7, 11) is 3.71. The lowest BCUT2D eigenvalue weighted by Gasteiger charge is -2.12. The molecule has 0 rings (SSSR count). The fourth-order valence-electron chi connectivity index (χ4n) is 0.804. The van der Waals surface area contributed by atoms with E-state index < -0.39 is 0 Å². The van der Waals surface area contributed by atoms with Gasteiger partial charge >= 0.3 is 0 Å². The molecule has 0 saturated heterocycles. The minimum atomic E-state index is 0.714. The third kappa shape index (κ3) is 7.55. The largest absolute Gasteiger partial charge is 0.383 e. The van der Waals surface area contributed by atoms with Crippen LogP contribution in [0.15, 0.2) is 0 Å². The minimum absolute atomic E-state index is 0.714. The van der Waals surface area contributed by atoms with E-state index in [2.05, 4.69) is 16.1 Å². The maximum atomic E-state index is 5.15. The zero-order valence-corrected chi connectivity index (χ0v) is 7.97. The number of hydrogen-bond acceptors (Lipinski definition) is 3. The molecule has 0 aromatic carbocycles. The van der Waals surface area contributed by atoms with Crippen LogP contribution in [0, 0.1) is 12.3 Å². The summed E-state index contributed by atoms with van der Waals surface area (Å²) in [5.41, 5.74) is 0. The Morgan fingerprint density at radius 2 is 2.25 bits per heavy atom. The van der Waals surface area contributed by atoms with E-state index in [0.29, 0.717) is 6.54 Å². The average Bonchev–Trinajstić information content (AvgIpc) is 2.05. The first-order valence-corrected chi connectivity index (χ1v) is 4.13. The highest BCUT2D eigenvalue weighted by molar-refractivity contribution is 4.87. The van der Waals surface area contributed by atoms with Crippen molar-refractivity contribution in [3.05, 3.63) is 0 Å². The van der Waals surface area contributed by atoms with Gasteiger partial charge in [-0.25, -0.2) is 0 Å². The van der Waals surface area contributed by atoms with Gasteiger partial charge in [-0.1, -0.05) is 5.92 Å². The summed E-state index contributed by atoms with van der Waals surface area (Å²) < 4.78 is 4.89. The molecule has 0 fully saturated rings. The van der Waals surface area contributed by atoms with E-state index in [1.807, 2.05) is 7.05 Å². The lowest BCUT2D eigenvalue weighted by Crippen LogP contribution is -2.31. The van der Waals surface area contributed by atoms with Gasteiger partial charge in [0, 0.05) is 26.7 Å². The van der Waals surface area contributed by atoms with E-state index in [9.17, 15) is 0 Å². The maximum absolute atomic E-state index is 5.15. The van der Waals surface area contributed by atoms with E-state index in [1.54, 1.807) is 7.11 Å². The zero-order valence-electron chi connectivity index (χ0n) is 7.97. The fraction of sp³-hybridized carbons (Fsp3) is 0.778. The summed E-state index contributed by atoms with van der Waals surface area (Å²) in [5, 5.41) is 3.24. The molecule has 0 atom stereocenters. The van der Waals surface area contributed by atoms with Crippen LogP contribution in [0.5, 0.6) is 0 Å². The first-order chi connectivity index (χ1) is 5.81. The summed E-state index contributed by atoms with van der Waals surface area (Å²) >= 11 is 0. The van der Waals surface area contributed by atoms with Crippen LogP contribution >= 0.6 is 0 Å². The van der Waals surface area contributed by atoms with Gasteiger partial charge in [0.2, 0.25) is 0 Å². The van der Waals surface area contributed by atoms with Crippen LogP contribution in [0.2, 0.25) is 0 Å². The molecule has 0 heterocycles. The monoisotopic (exact) mass is 170 g/mol. The quantitative estimate of drug-likeness (QED) is 0.422. The van der Waals surface area contributed by atoms with Crippen molar-refractivity contribution < 1.29 is 4.74 Å². The SMILES string of the molecule is C#CCN(C)CCNCCOC. The van der Waals surface area contributed by atoms with Gasteiger partial charge in [0.05, 0.1) is 13.2 Å². The van der Waals surface area contributed by atoms with Gasteiger partial charge in [-0.2, -0.15) is 0 Å². The molecule has 0 amide bonds. The number of nitrogens with zero attached hydrogens (tertiary/aromatic N) is 1. The predicted octanol–water partition coefficient (Wildman–Crippen LogP) is -0.213. The Bertz CT molecular complexity index is 131. The summed E-state index contributed by atoms with van der Waals surface area (Å²) in [6.07, 6.45) is 5.15. The smallest absolute Gasteiger partial charge is 0.0596 e. The third-order valence-electron chi connectivity index (χ3n) is 1.51. The van der Waals surface area contributed by atoms with Crippen LogP contribution in [-0.4, -0.2) is 51.8 Å². The highest BCUT2D eigenvalue weighted by Crippen LogP contribution is 1.77. The Balaban J connectivity index is 3.04. The van der Waals surface area contributed by atoms with Crippen LogP contribution in [0.3, 0.4) is 0 Å². The molecule has 0 aliphatic carbocycles. The molecule has 0 aliphatic heterocycles. The summed E-state index contributed by atoms with van der Waals surface area (Å²) in [4.78, 5) is 2.10. The average molecular weight is 170 g/mol. The van der Waals surface area contributed by atoms with E-state index in [1.165, 1.54) is 0 Å². The second-order valence-corrected chi connectivity index (χ2v) is 2.68. The van der Waals surface area contributed by atoms with Crippen LogP contribution < -0.4 is 5.32 Å². The molecule has 0 saturated carbocycles. The van der Waals surface area contributed by atoms with Crippen LogP contribution in [0.1, 0.15) is 0 Å². The standard InChI is InChI=1S/C9H18N2O/c1-4-7-11(2)8-5-10-6-9-12-3/h1,10H,5-9H2,2-3H3. The molecular formula is C9H18N2O. The van der Waals surface area contributed by atoms with Crippen LogP contribution in [-0.2, 0) is 4.74 Å². The normalized spacial score (nSPS) is 10.2. The van der Waals surface area contributed by atoms with Gasteiger partial charge in [-0.15, -0.1) is 6.42 Å². The van der Waals surface area contributed by atoms with E-state index in [-0.39, 0.29) is 0 Å². The Morgan fingerprint density at radius 3 is 2.83 bits per heavy atom. The second kappa shape index (κ2) is 8.54. The summed E-state index contributed by atoms with van der Waals surface area (Å²) in [6, 6.07) is 0. The Kier molecular flexibility index (Phi) is 8.14. The lowest BCUT2D eigenvalue weighted by molar-refractivity contribution is 0.198. The number of methoxy groups -OCH3 is 1. The number of hydrogen-bond donors (Lipinski definition) is 1. The fourth-order valence-corrected chi connectivity index (χ4v) is 0.804. The van der Waals surface area contributed by atoms with Gasteiger partial charge in [0.25, 0.3) is 0 Å². The van der Waals surface area contributed by atoms with Crippen LogP contribution in [0.4, 0.5) is 0 Å². The Hall–Kier alpha value is -0.560. The third-order valence-corrected chi connectivity index (χ3v) is 1.51. The molecule has 3 heteroatoms.